The summed E-state index contributed by atoms with van der Waals surface area (Å²) in [5.74, 6) is 0. The zero-order valence-corrected chi connectivity index (χ0v) is 6.77. The van der Waals surface area contributed by atoms with Gasteiger partial charge in [0.05, 0.1) is 6.20 Å². The summed E-state index contributed by atoms with van der Waals surface area (Å²) < 4.78 is 5.38. The molecule has 1 aromatic rings. The van der Waals surface area contributed by atoms with E-state index in [9.17, 15) is 0 Å². The Labute approximate surface area is 74.4 Å². The molecule has 1 aromatic carbocycles. The standard InChI is InChI=1S/C10H6N2O/c1-2-4-10-7(3-1)8-5-11-12-9(8)6-13-10/h1-6H. The van der Waals surface area contributed by atoms with E-state index in [1.807, 2.05) is 24.3 Å². The molecular formula is C10H6N2O. The lowest BCUT2D eigenvalue weighted by Gasteiger charge is -2.00. The van der Waals surface area contributed by atoms with E-state index < -0.39 is 0 Å². The number of hydrogen-bond donors (Lipinski definition) is 0. The van der Waals surface area contributed by atoms with Crippen molar-refractivity contribution in [2.24, 2.45) is 0 Å². The number of benzene rings is 1. The molecule has 0 spiro atoms. The van der Waals surface area contributed by atoms with Crippen LogP contribution in [0.5, 0.6) is 0 Å². The Balaban J connectivity index is 2.57. The molecular weight excluding hydrogens is 164 g/mol. The number of hydrogen-bond acceptors (Lipinski definition) is 3. The molecule has 3 heteroatoms. The van der Waals surface area contributed by atoms with E-state index in [1.54, 1.807) is 12.5 Å². The number of nitrogens with zero attached hydrogens (tertiary/aromatic N) is 2. The summed E-state index contributed by atoms with van der Waals surface area (Å²) in [4.78, 5) is 0. The molecule has 3 nitrogen and oxygen atoms in total. The van der Waals surface area contributed by atoms with Gasteiger partial charge in [0.2, 0.25) is 0 Å². The van der Waals surface area contributed by atoms with E-state index >= 15 is 0 Å². The predicted octanol–water partition coefficient (Wildman–Crippen LogP) is 2.33. The number of rotatable bonds is 0. The average Bonchev–Trinajstić information content (AvgIpc) is 2.65. The zero-order chi connectivity index (χ0) is 8.67. The zero-order valence-electron chi connectivity index (χ0n) is 6.77. The highest BCUT2D eigenvalue weighted by Crippen LogP contribution is 2.28. The summed E-state index contributed by atoms with van der Waals surface area (Å²) in [5.41, 5.74) is 2.71. The van der Waals surface area contributed by atoms with Gasteiger partial charge in [-0.25, -0.2) is 0 Å². The van der Waals surface area contributed by atoms with E-state index in [0.717, 1.165) is 22.2 Å². The Bertz CT molecular complexity index is 529. The molecule has 2 aliphatic rings. The highest BCUT2D eigenvalue weighted by Gasteiger charge is 2.09. The minimum atomic E-state index is 0.804. The molecule has 0 bridgehead atoms. The third-order valence-corrected chi connectivity index (χ3v) is 2.10. The lowest BCUT2D eigenvalue weighted by molar-refractivity contribution is 0.603. The van der Waals surface area contributed by atoms with E-state index in [-0.39, 0.29) is 0 Å². The van der Waals surface area contributed by atoms with Crippen LogP contribution in [0.3, 0.4) is 0 Å². The van der Waals surface area contributed by atoms with Crippen molar-refractivity contribution in [2.75, 3.05) is 0 Å². The third kappa shape index (κ3) is 0.839. The van der Waals surface area contributed by atoms with Gasteiger partial charge < -0.3 is 4.42 Å². The second-order valence-corrected chi connectivity index (χ2v) is 2.88. The van der Waals surface area contributed by atoms with Crippen LogP contribution in [-0.4, -0.2) is 10.2 Å². The molecule has 2 heterocycles. The van der Waals surface area contributed by atoms with Crippen LogP contribution in [0.2, 0.25) is 0 Å². The molecule has 13 heavy (non-hydrogen) atoms. The first-order valence-electron chi connectivity index (χ1n) is 4.03. The fourth-order valence-corrected chi connectivity index (χ4v) is 1.47. The lowest BCUT2D eigenvalue weighted by Crippen LogP contribution is -1.79. The minimum Gasteiger partial charge on any atom is -0.462 e. The van der Waals surface area contributed by atoms with Crippen LogP contribution in [-0.2, 0) is 0 Å². The van der Waals surface area contributed by atoms with Gasteiger partial charge in [-0.15, -0.1) is 5.10 Å². The van der Waals surface area contributed by atoms with Gasteiger partial charge in [-0.1, -0.05) is 18.2 Å². The topological polar surface area (TPSA) is 38.9 Å². The van der Waals surface area contributed by atoms with Crippen LogP contribution in [0.1, 0.15) is 0 Å². The molecule has 0 atom stereocenters. The van der Waals surface area contributed by atoms with Crippen molar-refractivity contribution in [2.45, 2.75) is 0 Å². The molecule has 62 valence electrons. The van der Waals surface area contributed by atoms with Crippen molar-refractivity contribution in [1.29, 1.82) is 0 Å². The van der Waals surface area contributed by atoms with Crippen LogP contribution < -0.4 is 0 Å². The largest absolute Gasteiger partial charge is 0.462 e. The predicted molar refractivity (Wildman–Crippen MR) is 48.4 cm³/mol. The van der Waals surface area contributed by atoms with Gasteiger partial charge in [-0.3, -0.25) is 0 Å². The molecule has 0 saturated carbocycles. The molecule has 3 rings (SSSR count). The summed E-state index contributed by atoms with van der Waals surface area (Å²) in [5, 5.41) is 8.83. The second-order valence-electron chi connectivity index (χ2n) is 2.88. The van der Waals surface area contributed by atoms with Crippen LogP contribution in [0.4, 0.5) is 0 Å². The summed E-state index contributed by atoms with van der Waals surface area (Å²) in [6.45, 7) is 0. The summed E-state index contributed by atoms with van der Waals surface area (Å²) >= 11 is 0. The second kappa shape index (κ2) is 2.29. The van der Waals surface area contributed by atoms with Crippen molar-refractivity contribution in [3.63, 3.8) is 0 Å². The van der Waals surface area contributed by atoms with Crippen molar-refractivity contribution in [1.82, 2.24) is 10.2 Å². The number of para-hydroxylation sites is 1. The van der Waals surface area contributed by atoms with E-state index in [2.05, 4.69) is 10.2 Å². The lowest BCUT2D eigenvalue weighted by atomic mass is 10.1. The first-order chi connectivity index (χ1) is 6.45. The molecule has 0 aromatic heterocycles. The van der Waals surface area contributed by atoms with Gasteiger partial charge in [0.25, 0.3) is 0 Å². The fraction of sp³-hybridized carbons (Fsp3) is 0. The monoisotopic (exact) mass is 170 g/mol. The van der Waals surface area contributed by atoms with Gasteiger partial charge in [0.15, 0.2) is 0 Å². The highest BCUT2D eigenvalue weighted by atomic mass is 16.3. The number of aromatic nitrogens is 2. The highest BCUT2D eigenvalue weighted by molar-refractivity contribution is 5.92. The number of fused-ring (bicyclic) bond motifs is 3. The van der Waals surface area contributed by atoms with Gasteiger partial charge in [0.1, 0.15) is 17.5 Å². The molecule has 0 unspecified atom stereocenters. The Morgan fingerprint density at radius 1 is 1.15 bits per heavy atom. The fourth-order valence-electron chi connectivity index (χ4n) is 1.47. The molecule has 0 N–H and O–H groups in total. The molecule has 2 aliphatic heterocycles. The van der Waals surface area contributed by atoms with Crippen molar-refractivity contribution < 1.29 is 4.42 Å². The third-order valence-electron chi connectivity index (χ3n) is 2.10. The first-order valence-corrected chi connectivity index (χ1v) is 4.03. The van der Waals surface area contributed by atoms with Gasteiger partial charge in [0, 0.05) is 10.9 Å². The van der Waals surface area contributed by atoms with Crippen LogP contribution >= 0.6 is 0 Å². The van der Waals surface area contributed by atoms with E-state index in [4.69, 9.17) is 4.42 Å². The average molecular weight is 170 g/mol. The maximum Gasteiger partial charge on any atom is 0.134 e. The maximum atomic E-state index is 5.38. The SMILES string of the molecule is c1ccc2c3cnnc-3coc2c1. The van der Waals surface area contributed by atoms with Crippen molar-refractivity contribution in [3.8, 4) is 11.3 Å². The van der Waals surface area contributed by atoms with Gasteiger partial charge in [-0.2, -0.15) is 5.10 Å². The Morgan fingerprint density at radius 3 is 3.08 bits per heavy atom. The maximum absolute atomic E-state index is 5.38. The van der Waals surface area contributed by atoms with Gasteiger partial charge in [-0.05, 0) is 6.07 Å². The molecule has 0 radical (unpaired) electrons. The van der Waals surface area contributed by atoms with E-state index in [0.29, 0.717) is 0 Å². The minimum absolute atomic E-state index is 0.804. The Morgan fingerprint density at radius 2 is 2.08 bits per heavy atom. The summed E-state index contributed by atoms with van der Waals surface area (Å²) in [6, 6.07) is 7.86. The molecule has 0 aliphatic carbocycles. The molecule has 0 fully saturated rings. The summed E-state index contributed by atoms with van der Waals surface area (Å²) in [6.07, 6.45) is 3.39. The van der Waals surface area contributed by atoms with Crippen molar-refractivity contribution >= 4 is 11.0 Å². The molecule has 0 saturated heterocycles. The quantitative estimate of drug-likeness (QED) is 0.519. The van der Waals surface area contributed by atoms with Crippen LogP contribution in [0.15, 0.2) is 41.1 Å². The summed E-state index contributed by atoms with van der Waals surface area (Å²) in [7, 11) is 0. The molecule has 0 amide bonds. The van der Waals surface area contributed by atoms with E-state index in [1.165, 1.54) is 0 Å². The Hall–Kier alpha value is -1.90. The normalized spacial score (nSPS) is 11.1. The smallest absolute Gasteiger partial charge is 0.134 e. The van der Waals surface area contributed by atoms with Gasteiger partial charge >= 0.3 is 0 Å². The van der Waals surface area contributed by atoms with Crippen molar-refractivity contribution in [3.05, 3.63) is 36.7 Å². The Kier molecular flexibility index (Phi) is 1.16. The van der Waals surface area contributed by atoms with Crippen LogP contribution in [0.25, 0.3) is 22.2 Å². The van der Waals surface area contributed by atoms with Crippen LogP contribution in [0, 0.1) is 0 Å². The first kappa shape index (κ1) is 6.60.